The molecule has 1 saturated heterocycles. The van der Waals surface area contributed by atoms with Crippen LogP contribution >= 0.6 is 0 Å². The van der Waals surface area contributed by atoms with Crippen molar-refractivity contribution in [3.05, 3.63) is 11.9 Å². The molecule has 2 aliphatic rings. The summed E-state index contributed by atoms with van der Waals surface area (Å²) in [6.07, 6.45) is 8.74. The molecule has 1 aromatic rings. The molecule has 0 radical (unpaired) electrons. The lowest BCUT2D eigenvalue weighted by Crippen LogP contribution is -2.43. The van der Waals surface area contributed by atoms with Gasteiger partial charge >= 0.3 is 5.97 Å². The molecular weight excluding hydrogens is 272 g/mol. The third-order valence-electron chi connectivity index (χ3n) is 4.90. The number of aromatic nitrogens is 3. The van der Waals surface area contributed by atoms with E-state index in [1.165, 1.54) is 36.6 Å². The molecule has 2 heterocycles. The summed E-state index contributed by atoms with van der Waals surface area (Å²) in [5.41, 5.74) is 0.354. The van der Waals surface area contributed by atoms with Crippen molar-refractivity contribution in [1.29, 1.82) is 0 Å². The van der Waals surface area contributed by atoms with Crippen molar-refractivity contribution >= 4 is 11.9 Å². The van der Waals surface area contributed by atoms with Gasteiger partial charge in [0, 0.05) is 13.1 Å². The van der Waals surface area contributed by atoms with E-state index in [0.29, 0.717) is 5.41 Å². The minimum Gasteiger partial charge on any atom is -0.476 e. The molecule has 0 aromatic carbocycles. The summed E-state index contributed by atoms with van der Waals surface area (Å²) in [7, 11) is 0. The lowest BCUT2D eigenvalue weighted by molar-refractivity contribution is -0.134. The predicted octanol–water partition coefficient (Wildman–Crippen LogP) is 1.16. The Morgan fingerprint density at radius 2 is 1.86 bits per heavy atom. The SMILES string of the molecule is O=C(O)c1cn(CC(=O)N2CCC3(CCCC3)CC2)nn1. The average molecular weight is 292 g/mol. The summed E-state index contributed by atoms with van der Waals surface area (Å²) in [5, 5.41) is 16.0. The minimum absolute atomic E-state index is 0.00955. The number of carbonyl (C=O) groups is 2. The Hall–Kier alpha value is -1.92. The van der Waals surface area contributed by atoms with E-state index in [1.54, 1.807) is 0 Å². The van der Waals surface area contributed by atoms with Gasteiger partial charge in [0.25, 0.3) is 0 Å². The number of aromatic carboxylic acids is 1. The number of hydrogen-bond acceptors (Lipinski definition) is 4. The van der Waals surface area contributed by atoms with Gasteiger partial charge in [0.1, 0.15) is 6.54 Å². The molecule has 1 aliphatic carbocycles. The Morgan fingerprint density at radius 1 is 1.19 bits per heavy atom. The van der Waals surface area contributed by atoms with E-state index in [9.17, 15) is 9.59 Å². The summed E-state index contributed by atoms with van der Waals surface area (Å²) in [6.45, 7) is 1.67. The molecular formula is C14H20N4O3. The van der Waals surface area contributed by atoms with Gasteiger partial charge in [-0.05, 0) is 31.1 Å². The molecule has 2 fully saturated rings. The van der Waals surface area contributed by atoms with Crippen LogP contribution in [0.2, 0.25) is 0 Å². The number of carboxylic acid groups (broad SMARTS) is 1. The van der Waals surface area contributed by atoms with E-state index in [-0.39, 0.29) is 18.1 Å². The van der Waals surface area contributed by atoms with Gasteiger partial charge in [-0.2, -0.15) is 0 Å². The zero-order chi connectivity index (χ0) is 14.9. The van der Waals surface area contributed by atoms with Crippen LogP contribution in [0.25, 0.3) is 0 Å². The summed E-state index contributed by atoms with van der Waals surface area (Å²) in [4.78, 5) is 24.8. The maximum atomic E-state index is 12.2. The molecule has 1 saturated carbocycles. The lowest BCUT2D eigenvalue weighted by atomic mass is 9.77. The van der Waals surface area contributed by atoms with Crippen molar-refractivity contribution in [3.63, 3.8) is 0 Å². The fraction of sp³-hybridized carbons (Fsp3) is 0.714. The van der Waals surface area contributed by atoms with Gasteiger partial charge in [-0.25, -0.2) is 9.48 Å². The fourth-order valence-corrected chi connectivity index (χ4v) is 3.57. The number of rotatable bonds is 3. The zero-order valence-electron chi connectivity index (χ0n) is 12.0. The number of carbonyl (C=O) groups excluding carboxylic acids is 1. The van der Waals surface area contributed by atoms with Gasteiger partial charge in [-0.3, -0.25) is 4.79 Å². The van der Waals surface area contributed by atoms with Gasteiger partial charge in [0.2, 0.25) is 5.91 Å². The van der Waals surface area contributed by atoms with Gasteiger partial charge in [0.15, 0.2) is 5.69 Å². The van der Waals surface area contributed by atoms with Gasteiger partial charge < -0.3 is 10.0 Å². The molecule has 1 amide bonds. The maximum Gasteiger partial charge on any atom is 0.358 e. The van der Waals surface area contributed by atoms with Crippen molar-refractivity contribution in [2.24, 2.45) is 5.41 Å². The molecule has 1 spiro atoms. The number of amides is 1. The van der Waals surface area contributed by atoms with Crippen LogP contribution in [-0.4, -0.2) is 50.0 Å². The third kappa shape index (κ3) is 2.91. The highest BCUT2D eigenvalue weighted by atomic mass is 16.4. The monoisotopic (exact) mass is 292 g/mol. The zero-order valence-corrected chi connectivity index (χ0v) is 12.0. The van der Waals surface area contributed by atoms with Crippen LogP contribution in [0.1, 0.15) is 49.0 Å². The molecule has 7 nitrogen and oxygen atoms in total. The smallest absolute Gasteiger partial charge is 0.358 e. The van der Waals surface area contributed by atoms with Crippen molar-refractivity contribution < 1.29 is 14.7 Å². The highest BCUT2D eigenvalue weighted by Gasteiger charge is 2.37. The van der Waals surface area contributed by atoms with Crippen molar-refractivity contribution in [3.8, 4) is 0 Å². The molecule has 3 rings (SSSR count). The van der Waals surface area contributed by atoms with Crippen LogP contribution in [0.3, 0.4) is 0 Å². The summed E-state index contributed by atoms with van der Waals surface area (Å²) < 4.78 is 1.30. The number of likely N-dealkylation sites (tertiary alicyclic amines) is 1. The quantitative estimate of drug-likeness (QED) is 0.903. The molecule has 1 N–H and O–H groups in total. The summed E-state index contributed by atoms with van der Waals surface area (Å²) in [5.74, 6) is -1.14. The van der Waals surface area contributed by atoms with Crippen LogP contribution < -0.4 is 0 Å². The first-order chi connectivity index (χ1) is 10.1. The molecule has 0 bridgehead atoms. The Balaban J connectivity index is 1.55. The molecule has 0 unspecified atom stereocenters. The fourth-order valence-electron chi connectivity index (χ4n) is 3.57. The molecule has 114 valence electrons. The second kappa shape index (κ2) is 5.46. The highest BCUT2D eigenvalue weighted by Crippen LogP contribution is 2.46. The van der Waals surface area contributed by atoms with Gasteiger partial charge in [0.05, 0.1) is 6.20 Å². The third-order valence-corrected chi connectivity index (χ3v) is 4.90. The Kier molecular flexibility index (Phi) is 3.65. The minimum atomic E-state index is -1.13. The highest BCUT2D eigenvalue weighted by molar-refractivity contribution is 5.84. The van der Waals surface area contributed by atoms with E-state index in [2.05, 4.69) is 10.3 Å². The molecule has 0 atom stereocenters. The van der Waals surface area contributed by atoms with Crippen molar-refractivity contribution in [1.82, 2.24) is 19.9 Å². The Bertz CT molecular complexity index is 538. The second-order valence-corrected chi connectivity index (χ2v) is 6.19. The maximum absolute atomic E-state index is 12.2. The first kappa shape index (κ1) is 14.0. The number of hydrogen-bond donors (Lipinski definition) is 1. The predicted molar refractivity (Wildman–Crippen MR) is 73.7 cm³/mol. The van der Waals surface area contributed by atoms with Gasteiger partial charge in [-0.1, -0.05) is 18.1 Å². The van der Waals surface area contributed by atoms with E-state index in [0.717, 1.165) is 25.9 Å². The number of carboxylic acids is 1. The molecule has 1 aromatic heterocycles. The standard InChI is InChI=1S/C14H20N4O3/c19-12(10-18-9-11(13(20)21)15-16-18)17-7-5-14(6-8-17)3-1-2-4-14/h9H,1-8,10H2,(H,20,21). The van der Waals surface area contributed by atoms with Crippen molar-refractivity contribution in [2.45, 2.75) is 45.1 Å². The molecule has 7 heteroatoms. The second-order valence-electron chi connectivity index (χ2n) is 6.19. The largest absolute Gasteiger partial charge is 0.476 e. The van der Waals surface area contributed by atoms with E-state index in [4.69, 9.17) is 5.11 Å². The van der Waals surface area contributed by atoms with Crippen LogP contribution in [0.15, 0.2) is 6.20 Å². The topological polar surface area (TPSA) is 88.3 Å². The normalized spacial score (nSPS) is 20.9. The van der Waals surface area contributed by atoms with E-state index in [1.807, 2.05) is 4.90 Å². The first-order valence-corrected chi connectivity index (χ1v) is 7.49. The van der Waals surface area contributed by atoms with E-state index >= 15 is 0 Å². The number of piperidine rings is 1. The first-order valence-electron chi connectivity index (χ1n) is 7.49. The van der Waals surface area contributed by atoms with Crippen LogP contribution in [-0.2, 0) is 11.3 Å². The Labute approximate surface area is 122 Å². The van der Waals surface area contributed by atoms with Crippen LogP contribution in [0, 0.1) is 5.41 Å². The Morgan fingerprint density at radius 3 is 2.43 bits per heavy atom. The molecule has 1 aliphatic heterocycles. The average Bonchev–Trinajstić information content (AvgIpc) is 3.10. The van der Waals surface area contributed by atoms with E-state index < -0.39 is 5.97 Å². The summed E-state index contributed by atoms with van der Waals surface area (Å²) >= 11 is 0. The summed E-state index contributed by atoms with van der Waals surface area (Å²) in [6, 6.07) is 0. The van der Waals surface area contributed by atoms with Crippen LogP contribution in [0.5, 0.6) is 0 Å². The molecule has 21 heavy (non-hydrogen) atoms. The van der Waals surface area contributed by atoms with Crippen LogP contribution in [0.4, 0.5) is 0 Å². The van der Waals surface area contributed by atoms with Crippen molar-refractivity contribution in [2.75, 3.05) is 13.1 Å². The lowest BCUT2D eigenvalue weighted by Gasteiger charge is -2.39. The number of nitrogens with zero attached hydrogens (tertiary/aromatic N) is 4. The van der Waals surface area contributed by atoms with Gasteiger partial charge in [-0.15, -0.1) is 5.10 Å².